The lowest BCUT2D eigenvalue weighted by Gasteiger charge is -2.39. The van der Waals surface area contributed by atoms with Crippen molar-refractivity contribution in [3.8, 4) is 0 Å². The Hall–Kier alpha value is -1.85. The van der Waals surface area contributed by atoms with E-state index < -0.39 is 0 Å². The highest BCUT2D eigenvalue weighted by Gasteiger charge is 2.39. The Bertz CT molecular complexity index is 783. The van der Waals surface area contributed by atoms with Crippen LogP contribution in [0.4, 0.5) is 0 Å². The van der Waals surface area contributed by atoms with E-state index in [-0.39, 0.29) is 17.9 Å². The molecule has 3 rings (SSSR count). The van der Waals surface area contributed by atoms with Gasteiger partial charge < -0.3 is 14.7 Å². The summed E-state index contributed by atoms with van der Waals surface area (Å²) in [4.78, 5) is 32.5. The molecule has 0 spiro atoms. The smallest absolute Gasteiger partial charge is 0.245 e. The molecule has 2 aliphatic rings. The van der Waals surface area contributed by atoms with Gasteiger partial charge in [0.15, 0.2) is 0 Å². The number of rotatable bonds is 7. The molecule has 5 nitrogen and oxygen atoms in total. The molecule has 0 aromatic heterocycles. The average molecular weight is 460 g/mol. The van der Waals surface area contributed by atoms with Crippen molar-refractivity contribution in [3.05, 3.63) is 47.5 Å². The molecule has 4 unspecified atom stereocenters. The van der Waals surface area contributed by atoms with E-state index in [1.807, 2.05) is 35.2 Å². The van der Waals surface area contributed by atoms with Crippen molar-refractivity contribution in [1.29, 1.82) is 0 Å². The van der Waals surface area contributed by atoms with Crippen LogP contribution in [0.25, 0.3) is 0 Å². The second-order valence-corrected chi connectivity index (χ2v) is 10.4. The van der Waals surface area contributed by atoms with Crippen LogP contribution in [0.1, 0.15) is 45.6 Å². The third-order valence-electron chi connectivity index (χ3n) is 6.53. The first kappa shape index (κ1) is 24.8. The lowest BCUT2D eigenvalue weighted by atomic mass is 10.00. The van der Waals surface area contributed by atoms with Crippen LogP contribution in [0.2, 0.25) is 5.02 Å². The molecule has 0 bridgehead atoms. The van der Waals surface area contributed by atoms with Gasteiger partial charge in [-0.2, -0.15) is 0 Å². The molecule has 0 aliphatic carbocycles. The number of benzene rings is 1. The molecule has 2 aliphatic heterocycles. The van der Waals surface area contributed by atoms with E-state index in [9.17, 15) is 9.59 Å². The van der Waals surface area contributed by atoms with Crippen molar-refractivity contribution < 1.29 is 9.59 Å². The summed E-state index contributed by atoms with van der Waals surface area (Å²) in [6.07, 6.45) is 4.08. The Morgan fingerprint density at radius 1 is 1.16 bits per heavy atom. The fourth-order valence-electron chi connectivity index (χ4n) is 5.21. The normalized spacial score (nSPS) is 26.0. The second kappa shape index (κ2) is 11.3. The first-order chi connectivity index (χ1) is 15.3. The molecule has 176 valence electrons. The van der Waals surface area contributed by atoms with Crippen LogP contribution >= 0.6 is 11.6 Å². The van der Waals surface area contributed by atoms with Gasteiger partial charge in [-0.25, -0.2) is 0 Å². The zero-order valence-corrected chi connectivity index (χ0v) is 20.6. The number of allylic oxidation sites excluding steroid dienone is 1. The molecule has 2 saturated heterocycles. The van der Waals surface area contributed by atoms with Gasteiger partial charge in [0.2, 0.25) is 11.8 Å². The second-order valence-electron chi connectivity index (χ2n) is 10.0. The SMILES string of the molecule is C=CCC(C)CN1CC(C)CN(C(=O)C2CCC(=O)N2Cc2ccc(Cl)cc2)CC(C)C1. The topological polar surface area (TPSA) is 43.9 Å². The van der Waals surface area contributed by atoms with Crippen molar-refractivity contribution in [2.24, 2.45) is 17.8 Å². The minimum Gasteiger partial charge on any atom is -0.340 e. The van der Waals surface area contributed by atoms with E-state index in [1.54, 1.807) is 4.90 Å². The molecule has 4 atom stereocenters. The van der Waals surface area contributed by atoms with E-state index in [1.165, 1.54) is 0 Å². The maximum Gasteiger partial charge on any atom is 0.245 e. The number of amides is 2. The van der Waals surface area contributed by atoms with Gasteiger partial charge in [0.05, 0.1) is 0 Å². The number of hydrogen-bond donors (Lipinski definition) is 0. The number of carbonyl (C=O) groups is 2. The molecule has 0 N–H and O–H groups in total. The zero-order chi connectivity index (χ0) is 23.3. The van der Waals surface area contributed by atoms with E-state index >= 15 is 0 Å². The lowest BCUT2D eigenvalue weighted by molar-refractivity contribution is -0.143. The Morgan fingerprint density at radius 2 is 1.78 bits per heavy atom. The van der Waals surface area contributed by atoms with Gasteiger partial charge in [-0.1, -0.05) is 50.6 Å². The summed E-state index contributed by atoms with van der Waals surface area (Å²) in [5.74, 6) is 1.55. The van der Waals surface area contributed by atoms with E-state index in [0.717, 1.165) is 44.7 Å². The van der Waals surface area contributed by atoms with Crippen LogP contribution in [-0.4, -0.2) is 65.3 Å². The summed E-state index contributed by atoms with van der Waals surface area (Å²) in [5, 5.41) is 0.672. The molecule has 1 aromatic carbocycles. The fourth-order valence-corrected chi connectivity index (χ4v) is 5.34. The van der Waals surface area contributed by atoms with Gasteiger partial charge in [0.1, 0.15) is 6.04 Å². The Kier molecular flexibility index (Phi) is 8.78. The van der Waals surface area contributed by atoms with Crippen LogP contribution in [0.3, 0.4) is 0 Å². The van der Waals surface area contributed by atoms with Crippen molar-refractivity contribution in [2.45, 2.75) is 52.6 Å². The summed E-state index contributed by atoms with van der Waals surface area (Å²) >= 11 is 6.00. The van der Waals surface area contributed by atoms with Gasteiger partial charge in [-0.3, -0.25) is 9.59 Å². The molecule has 2 amide bonds. The standard InChI is InChI=1S/C26H38ClN3O2/c1-5-6-19(2)13-28-14-20(3)16-29(17-21(4)15-28)26(32)24-11-12-25(31)30(24)18-22-7-9-23(27)10-8-22/h5,7-10,19-21,24H,1,6,11-18H2,2-4H3. The van der Waals surface area contributed by atoms with E-state index in [4.69, 9.17) is 11.6 Å². The summed E-state index contributed by atoms with van der Waals surface area (Å²) in [6, 6.07) is 7.16. The molecule has 32 heavy (non-hydrogen) atoms. The van der Waals surface area contributed by atoms with Gasteiger partial charge in [-0.15, -0.1) is 6.58 Å². The largest absolute Gasteiger partial charge is 0.340 e. The Morgan fingerprint density at radius 3 is 2.38 bits per heavy atom. The van der Waals surface area contributed by atoms with Crippen LogP contribution in [0.5, 0.6) is 0 Å². The minimum atomic E-state index is -0.360. The first-order valence-electron chi connectivity index (χ1n) is 11.9. The number of likely N-dealkylation sites (tertiary alicyclic amines) is 1. The lowest BCUT2D eigenvalue weighted by Crippen LogP contribution is -2.52. The Balaban J connectivity index is 1.66. The maximum absolute atomic E-state index is 13.6. The maximum atomic E-state index is 13.6. The van der Waals surface area contributed by atoms with Gasteiger partial charge in [0, 0.05) is 50.7 Å². The van der Waals surface area contributed by atoms with Crippen molar-refractivity contribution in [1.82, 2.24) is 14.7 Å². The van der Waals surface area contributed by atoms with Gasteiger partial charge in [0.25, 0.3) is 0 Å². The molecule has 1 aromatic rings. The predicted molar refractivity (Wildman–Crippen MR) is 130 cm³/mol. The fraction of sp³-hybridized carbons (Fsp3) is 0.615. The molecular formula is C26H38ClN3O2. The number of hydrogen-bond acceptors (Lipinski definition) is 3. The summed E-state index contributed by atoms with van der Waals surface area (Å²) in [7, 11) is 0. The predicted octanol–water partition coefficient (Wildman–Crippen LogP) is 4.46. The summed E-state index contributed by atoms with van der Waals surface area (Å²) in [6.45, 7) is 15.6. The monoisotopic (exact) mass is 459 g/mol. The quantitative estimate of drug-likeness (QED) is 0.565. The Labute approximate surface area is 198 Å². The van der Waals surface area contributed by atoms with Gasteiger partial charge in [-0.05, 0) is 48.3 Å². The number of carbonyl (C=O) groups excluding carboxylic acids is 2. The molecule has 0 saturated carbocycles. The number of halogens is 1. The summed E-state index contributed by atoms with van der Waals surface area (Å²) < 4.78 is 0. The van der Waals surface area contributed by atoms with Crippen molar-refractivity contribution in [2.75, 3.05) is 32.7 Å². The van der Waals surface area contributed by atoms with Crippen molar-refractivity contribution in [3.63, 3.8) is 0 Å². The average Bonchev–Trinajstić information content (AvgIpc) is 3.07. The van der Waals surface area contributed by atoms with E-state index in [2.05, 4.69) is 32.3 Å². The highest BCUT2D eigenvalue weighted by molar-refractivity contribution is 6.30. The molecule has 6 heteroatoms. The zero-order valence-electron chi connectivity index (χ0n) is 19.8. The van der Waals surface area contributed by atoms with Crippen LogP contribution in [-0.2, 0) is 16.1 Å². The molecule has 2 heterocycles. The molecule has 0 radical (unpaired) electrons. The van der Waals surface area contributed by atoms with Crippen molar-refractivity contribution >= 4 is 23.4 Å². The van der Waals surface area contributed by atoms with Gasteiger partial charge >= 0.3 is 0 Å². The highest BCUT2D eigenvalue weighted by Crippen LogP contribution is 2.25. The van der Waals surface area contributed by atoms with Crippen LogP contribution < -0.4 is 0 Å². The third-order valence-corrected chi connectivity index (χ3v) is 6.79. The van der Waals surface area contributed by atoms with E-state index in [0.29, 0.717) is 42.2 Å². The minimum absolute atomic E-state index is 0.0637. The molecule has 2 fully saturated rings. The first-order valence-corrected chi connectivity index (χ1v) is 12.3. The van der Waals surface area contributed by atoms with Crippen LogP contribution in [0, 0.1) is 17.8 Å². The third kappa shape index (κ3) is 6.58. The molecular weight excluding hydrogens is 422 g/mol. The summed E-state index contributed by atoms with van der Waals surface area (Å²) in [5.41, 5.74) is 1.00. The van der Waals surface area contributed by atoms with Crippen LogP contribution in [0.15, 0.2) is 36.9 Å². The number of nitrogens with zero attached hydrogens (tertiary/aromatic N) is 3. The highest BCUT2D eigenvalue weighted by atomic mass is 35.5.